The van der Waals surface area contributed by atoms with Gasteiger partial charge in [0.15, 0.2) is 0 Å². The summed E-state index contributed by atoms with van der Waals surface area (Å²) in [4.78, 5) is 3.57. The minimum Gasteiger partial charge on any atom is -0.247 e. The van der Waals surface area contributed by atoms with E-state index in [-0.39, 0.29) is 0 Å². The van der Waals surface area contributed by atoms with Crippen molar-refractivity contribution in [1.82, 2.24) is 4.98 Å². The van der Waals surface area contributed by atoms with E-state index in [1.54, 1.807) is 0 Å². The Kier molecular flexibility index (Phi) is 19.0. The molecule has 1 heterocycles. The quantitative estimate of drug-likeness (QED) is 0.127. The number of nitrogens with one attached hydrogen (secondary N) is 1. The van der Waals surface area contributed by atoms with E-state index in [0.717, 1.165) is 0 Å². The van der Waals surface area contributed by atoms with Gasteiger partial charge in [-0.1, -0.05) is 136 Å². The molecule has 0 bridgehead atoms. The molecule has 1 rings (SSSR count). The van der Waals surface area contributed by atoms with Gasteiger partial charge in [0.25, 0.3) is 5.82 Å². The fraction of sp³-hybridized carbons (Fsp3) is 0.900. The van der Waals surface area contributed by atoms with Gasteiger partial charge in [0.2, 0.25) is 0 Å². The van der Waals surface area contributed by atoms with E-state index in [0.29, 0.717) is 12.0 Å². The van der Waals surface area contributed by atoms with Crippen molar-refractivity contribution in [2.24, 2.45) is 0 Å². The zero-order valence-corrected chi connectivity index (χ0v) is 22.6. The Morgan fingerprint density at radius 1 is 0.625 bits per heavy atom. The minimum absolute atomic E-state index is 0.617. The van der Waals surface area contributed by atoms with Crippen LogP contribution in [0.2, 0.25) is 0 Å². The first-order valence-electron chi connectivity index (χ1n) is 14.8. The number of unbranched alkanes of at least 4 members (excludes halogenated alkanes) is 16. The molecule has 2 nitrogen and oxygen atoms in total. The van der Waals surface area contributed by atoms with Crippen LogP contribution >= 0.6 is 0 Å². The highest BCUT2D eigenvalue weighted by Gasteiger charge is 2.23. The molecule has 0 aromatic carbocycles. The maximum Gasteiger partial charge on any atom is 0.257 e. The van der Waals surface area contributed by atoms with E-state index in [1.807, 2.05) is 0 Å². The van der Waals surface area contributed by atoms with Crippen molar-refractivity contribution in [1.29, 1.82) is 0 Å². The van der Waals surface area contributed by atoms with Crippen LogP contribution in [0.1, 0.15) is 180 Å². The fourth-order valence-electron chi connectivity index (χ4n) is 5.28. The summed E-state index contributed by atoms with van der Waals surface area (Å²) in [7, 11) is 0. The first-order valence-corrected chi connectivity index (χ1v) is 14.8. The van der Waals surface area contributed by atoms with E-state index in [4.69, 9.17) is 0 Å². The third-order valence-electron chi connectivity index (χ3n) is 7.46. The third-order valence-corrected chi connectivity index (χ3v) is 7.46. The van der Waals surface area contributed by atoms with Crippen molar-refractivity contribution in [2.75, 3.05) is 0 Å². The van der Waals surface area contributed by atoms with Gasteiger partial charge in [-0.05, 0) is 26.2 Å². The standard InChI is InChI=1S/C30H58N2/c1-5-8-9-10-11-12-13-14-15-16-17-18-19-20-21-22-23-25-29(7-3)30-31-26-27-32(30)28(4)24-6-2/h26-29H,5-25H2,1-4H3/p+1. The molecular weight excluding hydrogens is 388 g/mol. The number of aromatic amines is 1. The number of H-pyrrole nitrogens is 1. The van der Waals surface area contributed by atoms with Gasteiger partial charge in [-0.2, -0.15) is 0 Å². The highest BCUT2D eigenvalue weighted by Crippen LogP contribution is 2.24. The van der Waals surface area contributed by atoms with Gasteiger partial charge in [0.05, 0.1) is 12.0 Å². The van der Waals surface area contributed by atoms with Crippen molar-refractivity contribution in [3.63, 3.8) is 0 Å². The second-order valence-corrected chi connectivity index (χ2v) is 10.4. The SMILES string of the molecule is CCCCCCCCCCCCCCCCCCCC(CC)c1[nH]cc[n+]1C(C)CCC. The molecule has 0 aliphatic carbocycles. The average molecular weight is 448 g/mol. The van der Waals surface area contributed by atoms with Crippen LogP contribution in [0, 0.1) is 0 Å². The fourth-order valence-corrected chi connectivity index (χ4v) is 5.28. The van der Waals surface area contributed by atoms with E-state index in [2.05, 4.69) is 49.6 Å². The summed E-state index contributed by atoms with van der Waals surface area (Å²) in [6, 6.07) is 0.617. The molecule has 188 valence electrons. The summed E-state index contributed by atoms with van der Waals surface area (Å²) in [6.45, 7) is 9.31. The van der Waals surface area contributed by atoms with E-state index >= 15 is 0 Å². The summed E-state index contributed by atoms with van der Waals surface area (Å²) in [5.41, 5.74) is 0. The predicted octanol–water partition coefficient (Wildman–Crippen LogP) is 10.2. The van der Waals surface area contributed by atoms with Crippen LogP contribution in [0.5, 0.6) is 0 Å². The molecule has 1 N–H and O–H groups in total. The normalized spacial score (nSPS) is 13.5. The van der Waals surface area contributed by atoms with Gasteiger partial charge in [-0.25, -0.2) is 9.55 Å². The lowest BCUT2D eigenvalue weighted by atomic mass is 9.96. The summed E-state index contributed by atoms with van der Waals surface area (Å²) >= 11 is 0. The zero-order valence-electron chi connectivity index (χ0n) is 22.6. The molecule has 0 amide bonds. The van der Waals surface area contributed by atoms with Crippen molar-refractivity contribution in [3.05, 3.63) is 18.2 Å². The van der Waals surface area contributed by atoms with Gasteiger partial charge < -0.3 is 0 Å². The summed E-state index contributed by atoms with van der Waals surface area (Å²) in [5, 5.41) is 0. The first-order chi connectivity index (χ1) is 15.7. The Morgan fingerprint density at radius 2 is 1.09 bits per heavy atom. The van der Waals surface area contributed by atoms with E-state index in [9.17, 15) is 0 Å². The molecule has 0 saturated heterocycles. The van der Waals surface area contributed by atoms with Gasteiger partial charge in [0.1, 0.15) is 12.4 Å². The van der Waals surface area contributed by atoms with Crippen LogP contribution in [0.3, 0.4) is 0 Å². The monoisotopic (exact) mass is 447 g/mol. The van der Waals surface area contributed by atoms with Crippen molar-refractivity contribution >= 4 is 0 Å². The van der Waals surface area contributed by atoms with Crippen LogP contribution < -0.4 is 4.57 Å². The smallest absolute Gasteiger partial charge is 0.247 e. The Morgan fingerprint density at radius 3 is 1.53 bits per heavy atom. The van der Waals surface area contributed by atoms with Crippen LogP contribution in [0.25, 0.3) is 0 Å². The minimum atomic E-state index is 0.617. The number of hydrogen-bond donors (Lipinski definition) is 1. The number of imidazole rings is 1. The summed E-state index contributed by atoms with van der Waals surface area (Å²) < 4.78 is 2.51. The zero-order chi connectivity index (χ0) is 23.3. The lowest BCUT2D eigenvalue weighted by molar-refractivity contribution is -0.727. The van der Waals surface area contributed by atoms with Crippen LogP contribution in [0.4, 0.5) is 0 Å². The van der Waals surface area contributed by atoms with E-state index in [1.165, 1.54) is 141 Å². The largest absolute Gasteiger partial charge is 0.257 e. The molecule has 1 aromatic rings. The molecule has 0 aliphatic rings. The van der Waals surface area contributed by atoms with Crippen LogP contribution in [-0.4, -0.2) is 4.98 Å². The maximum absolute atomic E-state index is 3.57. The van der Waals surface area contributed by atoms with Gasteiger partial charge in [0, 0.05) is 0 Å². The second-order valence-electron chi connectivity index (χ2n) is 10.4. The van der Waals surface area contributed by atoms with Crippen molar-refractivity contribution < 1.29 is 4.57 Å². The van der Waals surface area contributed by atoms with Crippen LogP contribution in [0.15, 0.2) is 12.4 Å². The topological polar surface area (TPSA) is 19.7 Å². The molecule has 2 atom stereocenters. The molecule has 0 fully saturated rings. The molecule has 32 heavy (non-hydrogen) atoms. The maximum atomic E-state index is 3.57. The Balaban J connectivity index is 1.96. The second kappa shape index (κ2) is 20.8. The molecule has 1 aromatic heterocycles. The average Bonchev–Trinajstić information content (AvgIpc) is 3.28. The molecule has 0 aliphatic heterocycles. The Hall–Kier alpha value is -0.790. The lowest BCUT2D eigenvalue weighted by Crippen LogP contribution is -2.41. The number of hydrogen-bond acceptors (Lipinski definition) is 0. The molecule has 0 spiro atoms. The van der Waals surface area contributed by atoms with Gasteiger partial charge >= 0.3 is 0 Å². The molecule has 0 radical (unpaired) electrons. The molecule has 2 unspecified atom stereocenters. The highest BCUT2D eigenvalue weighted by molar-refractivity contribution is 4.89. The van der Waals surface area contributed by atoms with E-state index < -0.39 is 0 Å². The lowest BCUT2D eigenvalue weighted by Gasteiger charge is -2.15. The Labute approximate surface area is 202 Å². The number of aromatic nitrogens is 2. The van der Waals surface area contributed by atoms with Crippen LogP contribution in [-0.2, 0) is 0 Å². The summed E-state index contributed by atoms with van der Waals surface area (Å²) in [6.07, 6.45) is 34.2. The van der Waals surface area contributed by atoms with Crippen molar-refractivity contribution in [3.8, 4) is 0 Å². The Bertz CT molecular complexity index is 507. The van der Waals surface area contributed by atoms with Crippen molar-refractivity contribution in [2.45, 2.75) is 174 Å². The number of rotatable bonds is 23. The first kappa shape index (κ1) is 29.2. The molecular formula is C30H59N2+. The molecule has 2 heteroatoms. The van der Waals surface area contributed by atoms with Gasteiger partial charge in [-0.15, -0.1) is 0 Å². The predicted molar refractivity (Wildman–Crippen MR) is 142 cm³/mol. The summed E-state index contributed by atoms with van der Waals surface area (Å²) in [5.74, 6) is 2.16. The number of nitrogens with zero attached hydrogens (tertiary/aromatic N) is 1. The highest BCUT2D eigenvalue weighted by atomic mass is 15.1. The third kappa shape index (κ3) is 13.7. The van der Waals surface area contributed by atoms with Gasteiger partial charge in [-0.3, -0.25) is 0 Å². The molecule has 0 saturated carbocycles.